The highest BCUT2D eigenvalue weighted by Crippen LogP contribution is 2.17. The molecule has 0 spiro atoms. The van der Waals surface area contributed by atoms with Crippen molar-refractivity contribution in [3.63, 3.8) is 0 Å². The lowest BCUT2D eigenvalue weighted by molar-refractivity contribution is 0.0636. The zero-order chi connectivity index (χ0) is 14.5. The Morgan fingerprint density at radius 1 is 1.32 bits per heavy atom. The second-order valence-corrected chi connectivity index (χ2v) is 5.32. The Hall–Kier alpha value is -1.75. The van der Waals surface area contributed by atoms with Gasteiger partial charge in [0.1, 0.15) is 5.60 Å². The number of anilines is 2. The second-order valence-electron chi connectivity index (χ2n) is 5.32. The lowest BCUT2D eigenvalue weighted by Crippen LogP contribution is -2.27. The fourth-order valence-electron chi connectivity index (χ4n) is 1.50. The monoisotopic (exact) mass is 266 g/mol. The van der Waals surface area contributed by atoms with E-state index in [-0.39, 0.29) is 6.61 Å². The predicted molar refractivity (Wildman–Crippen MR) is 76.7 cm³/mol. The first-order valence-electron chi connectivity index (χ1n) is 6.24. The maximum atomic E-state index is 11.6. The van der Waals surface area contributed by atoms with Gasteiger partial charge in [0.25, 0.3) is 0 Å². The van der Waals surface area contributed by atoms with Gasteiger partial charge in [-0.15, -0.1) is 0 Å². The molecule has 0 bridgehead atoms. The van der Waals surface area contributed by atoms with Crippen LogP contribution >= 0.6 is 0 Å². The summed E-state index contributed by atoms with van der Waals surface area (Å²) in [5.41, 5.74) is 1.14. The van der Waals surface area contributed by atoms with Gasteiger partial charge >= 0.3 is 6.09 Å². The van der Waals surface area contributed by atoms with Crippen molar-refractivity contribution in [2.45, 2.75) is 26.4 Å². The topological polar surface area (TPSA) is 61.8 Å². The number of likely N-dealkylation sites (N-methyl/N-ethyl adjacent to an activating group) is 1. The number of carbonyl (C=O) groups excluding carboxylic acids is 1. The highest BCUT2D eigenvalue weighted by molar-refractivity contribution is 5.85. The van der Waals surface area contributed by atoms with E-state index in [1.165, 1.54) is 0 Å². The van der Waals surface area contributed by atoms with E-state index in [4.69, 9.17) is 9.84 Å². The molecule has 0 heterocycles. The number of aliphatic hydroxyl groups excluding tert-OH is 1. The third-order valence-electron chi connectivity index (χ3n) is 2.39. The van der Waals surface area contributed by atoms with Crippen molar-refractivity contribution in [1.82, 2.24) is 0 Å². The zero-order valence-corrected chi connectivity index (χ0v) is 11.9. The van der Waals surface area contributed by atoms with E-state index in [2.05, 4.69) is 5.32 Å². The lowest BCUT2D eigenvalue weighted by atomic mass is 10.2. The van der Waals surface area contributed by atoms with Crippen molar-refractivity contribution in [3.8, 4) is 0 Å². The normalized spacial score (nSPS) is 11.0. The van der Waals surface area contributed by atoms with Crippen LogP contribution < -0.4 is 10.2 Å². The van der Waals surface area contributed by atoms with Gasteiger partial charge in [0.15, 0.2) is 0 Å². The van der Waals surface area contributed by atoms with E-state index in [0.717, 1.165) is 5.69 Å². The van der Waals surface area contributed by atoms with E-state index in [1.807, 2.05) is 44.9 Å². The number of hydrogen-bond acceptors (Lipinski definition) is 4. The minimum Gasteiger partial charge on any atom is -0.444 e. The molecule has 0 fully saturated rings. The third kappa shape index (κ3) is 5.61. The van der Waals surface area contributed by atoms with Gasteiger partial charge in [-0.25, -0.2) is 4.79 Å². The molecular formula is C14H22N2O3. The summed E-state index contributed by atoms with van der Waals surface area (Å²) in [6, 6.07) is 7.35. The summed E-state index contributed by atoms with van der Waals surface area (Å²) in [6.07, 6.45) is -0.469. The first kappa shape index (κ1) is 15.3. The number of benzene rings is 1. The molecule has 0 aliphatic heterocycles. The van der Waals surface area contributed by atoms with Crippen molar-refractivity contribution in [1.29, 1.82) is 0 Å². The number of rotatable bonds is 4. The SMILES string of the molecule is CN(CCO)c1ccc(NC(=O)OC(C)(C)C)cc1. The molecule has 0 atom stereocenters. The zero-order valence-electron chi connectivity index (χ0n) is 11.9. The first-order valence-corrected chi connectivity index (χ1v) is 6.24. The van der Waals surface area contributed by atoms with Gasteiger partial charge in [-0.1, -0.05) is 0 Å². The van der Waals surface area contributed by atoms with Crippen LogP contribution in [0.4, 0.5) is 16.2 Å². The molecule has 0 aliphatic carbocycles. The third-order valence-corrected chi connectivity index (χ3v) is 2.39. The van der Waals surface area contributed by atoms with Crippen LogP contribution in [0.5, 0.6) is 0 Å². The Labute approximate surface area is 114 Å². The number of hydrogen-bond donors (Lipinski definition) is 2. The summed E-state index contributed by atoms with van der Waals surface area (Å²) in [5.74, 6) is 0. The molecule has 0 aliphatic rings. The highest BCUT2D eigenvalue weighted by Gasteiger charge is 2.16. The number of nitrogens with one attached hydrogen (secondary N) is 1. The van der Waals surface area contributed by atoms with E-state index < -0.39 is 11.7 Å². The molecular weight excluding hydrogens is 244 g/mol. The van der Waals surface area contributed by atoms with Gasteiger partial charge in [0.2, 0.25) is 0 Å². The molecule has 5 heteroatoms. The minimum atomic E-state index is -0.509. The number of carbonyl (C=O) groups is 1. The van der Waals surface area contributed by atoms with Gasteiger partial charge in [-0.3, -0.25) is 5.32 Å². The molecule has 1 aromatic carbocycles. The van der Waals surface area contributed by atoms with Crippen LogP contribution in [-0.2, 0) is 4.74 Å². The molecule has 106 valence electrons. The Balaban J connectivity index is 2.59. The Kier molecular flexibility index (Phi) is 5.18. The molecule has 1 amide bonds. The van der Waals surface area contributed by atoms with Gasteiger partial charge in [0, 0.05) is 25.0 Å². The second kappa shape index (κ2) is 6.43. The van der Waals surface area contributed by atoms with E-state index in [1.54, 1.807) is 12.1 Å². The smallest absolute Gasteiger partial charge is 0.412 e. The van der Waals surface area contributed by atoms with Crippen LogP contribution in [0.25, 0.3) is 0 Å². The Morgan fingerprint density at radius 3 is 2.37 bits per heavy atom. The van der Waals surface area contributed by atoms with Crippen LogP contribution in [0.2, 0.25) is 0 Å². The molecule has 2 N–H and O–H groups in total. The van der Waals surface area contributed by atoms with Crippen molar-refractivity contribution < 1.29 is 14.6 Å². The number of aliphatic hydroxyl groups is 1. The molecule has 1 aromatic rings. The average molecular weight is 266 g/mol. The largest absolute Gasteiger partial charge is 0.444 e. The van der Waals surface area contributed by atoms with E-state index >= 15 is 0 Å². The molecule has 1 rings (SSSR count). The highest BCUT2D eigenvalue weighted by atomic mass is 16.6. The maximum Gasteiger partial charge on any atom is 0.412 e. The minimum absolute atomic E-state index is 0.106. The molecule has 19 heavy (non-hydrogen) atoms. The summed E-state index contributed by atoms with van der Waals surface area (Å²) in [7, 11) is 1.90. The summed E-state index contributed by atoms with van der Waals surface area (Å²) >= 11 is 0. The maximum absolute atomic E-state index is 11.6. The van der Waals surface area contributed by atoms with Crippen molar-refractivity contribution in [2.75, 3.05) is 30.4 Å². The molecule has 0 aromatic heterocycles. The number of ether oxygens (including phenoxy) is 1. The molecule has 0 radical (unpaired) electrons. The van der Waals surface area contributed by atoms with Crippen molar-refractivity contribution in [2.24, 2.45) is 0 Å². The fourth-order valence-corrected chi connectivity index (χ4v) is 1.50. The van der Waals surface area contributed by atoms with E-state index in [9.17, 15) is 4.79 Å². The first-order chi connectivity index (χ1) is 8.81. The summed E-state index contributed by atoms with van der Waals surface area (Å²) in [4.78, 5) is 13.5. The van der Waals surface area contributed by atoms with Gasteiger partial charge < -0.3 is 14.7 Å². The molecule has 0 saturated heterocycles. The molecule has 0 saturated carbocycles. The summed E-state index contributed by atoms with van der Waals surface area (Å²) in [6.45, 7) is 6.13. The van der Waals surface area contributed by atoms with Gasteiger partial charge in [-0.05, 0) is 45.0 Å². The van der Waals surface area contributed by atoms with Crippen LogP contribution in [0.1, 0.15) is 20.8 Å². The van der Waals surface area contributed by atoms with Crippen LogP contribution in [-0.4, -0.2) is 37.0 Å². The molecule has 5 nitrogen and oxygen atoms in total. The van der Waals surface area contributed by atoms with Crippen molar-refractivity contribution >= 4 is 17.5 Å². The average Bonchev–Trinajstić information content (AvgIpc) is 2.27. The quantitative estimate of drug-likeness (QED) is 0.878. The predicted octanol–water partition coefficient (Wildman–Crippen LogP) is 2.46. The summed E-state index contributed by atoms with van der Waals surface area (Å²) < 4.78 is 5.16. The lowest BCUT2D eigenvalue weighted by Gasteiger charge is -2.20. The van der Waals surface area contributed by atoms with Gasteiger partial charge in [0.05, 0.1) is 6.61 Å². The van der Waals surface area contributed by atoms with Crippen LogP contribution in [0, 0.1) is 0 Å². The van der Waals surface area contributed by atoms with Crippen LogP contribution in [0.15, 0.2) is 24.3 Å². The number of nitrogens with zero attached hydrogens (tertiary/aromatic N) is 1. The van der Waals surface area contributed by atoms with Gasteiger partial charge in [-0.2, -0.15) is 0 Å². The number of amides is 1. The van der Waals surface area contributed by atoms with E-state index in [0.29, 0.717) is 12.2 Å². The van der Waals surface area contributed by atoms with Crippen LogP contribution in [0.3, 0.4) is 0 Å². The standard InChI is InChI=1S/C14H22N2O3/c1-14(2,3)19-13(18)15-11-5-7-12(8-6-11)16(4)9-10-17/h5-8,17H,9-10H2,1-4H3,(H,15,18). The van der Waals surface area contributed by atoms with Crippen molar-refractivity contribution in [3.05, 3.63) is 24.3 Å². The Morgan fingerprint density at radius 2 is 1.89 bits per heavy atom. The fraction of sp³-hybridized carbons (Fsp3) is 0.500. The molecule has 0 unspecified atom stereocenters. The summed E-state index contributed by atoms with van der Waals surface area (Å²) in [5, 5.41) is 11.5. The Bertz CT molecular complexity index is 410.